The molecule has 0 unspecified atom stereocenters. The molecule has 0 aliphatic carbocycles. The van der Waals surface area contributed by atoms with Crippen LogP contribution >= 0.6 is 0 Å². The first-order valence-electron chi connectivity index (χ1n) is 7.68. The Morgan fingerprint density at radius 1 is 1.15 bits per heavy atom. The molecule has 0 N–H and O–H groups in total. The first kappa shape index (κ1) is 17.4. The van der Waals surface area contributed by atoms with Crippen molar-refractivity contribution < 1.29 is 14.3 Å². The van der Waals surface area contributed by atoms with Crippen LogP contribution in [0.3, 0.4) is 0 Å². The zero-order chi connectivity index (χ0) is 15.2. The lowest BCUT2D eigenvalue weighted by molar-refractivity contribution is -0.146. The standard InChI is InChI=1S/C16H31NO3/c1-15(2,3)16(4,5)7-6-10-20-14(18)13-17-8-11-19-12-9-17/h6-13H2,1-5H3. The van der Waals surface area contributed by atoms with E-state index in [-0.39, 0.29) is 16.8 Å². The maximum Gasteiger partial charge on any atom is 0.320 e. The molecular formula is C16H31NO3. The Bertz CT molecular complexity index is 301. The van der Waals surface area contributed by atoms with Crippen molar-refractivity contribution in [3.05, 3.63) is 0 Å². The summed E-state index contributed by atoms with van der Waals surface area (Å²) in [4.78, 5) is 13.8. The maximum atomic E-state index is 11.7. The summed E-state index contributed by atoms with van der Waals surface area (Å²) < 4.78 is 10.6. The molecule has 4 nitrogen and oxygen atoms in total. The van der Waals surface area contributed by atoms with Crippen LogP contribution in [0.4, 0.5) is 0 Å². The minimum absolute atomic E-state index is 0.111. The number of carbonyl (C=O) groups is 1. The van der Waals surface area contributed by atoms with Crippen molar-refractivity contribution in [1.29, 1.82) is 0 Å². The third-order valence-corrected chi connectivity index (χ3v) is 4.70. The van der Waals surface area contributed by atoms with Gasteiger partial charge in [-0.05, 0) is 23.7 Å². The van der Waals surface area contributed by atoms with Gasteiger partial charge in [0.15, 0.2) is 0 Å². The van der Waals surface area contributed by atoms with E-state index in [4.69, 9.17) is 9.47 Å². The Morgan fingerprint density at radius 2 is 1.75 bits per heavy atom. The number of ether oxygens (including phenoxy) is 2. The lowest BCUT2D eigenvalue weighted by Gasteiger charge is -2.39. The zero-order valence-corrected chi connectivity index (χ0v) is 13.8. The van der Waals surface area contributed by atoms with E-state index >= 15 is 0 Å². The lowest BCUT2D eigenvalue weighted by atomic mass is 9.67. The van der Waals surface area contributed by atoms with Gasteiger partial charge in [0, 0.05) is 13.1 Å². The molecule has 0 aromatic heterocycles. The molecule has 0 aromatic carbocycles. The van der Waals surface area contributed by atoms with Crippen LogP contribution in [0.15, 0.2) is 0 Å². The average molecular weight is 285 g/mol. The average Bonchev–Trinajstić information content (AvgIpc) is 2.34. The van der Waals surface area contributed by atoms with Crippen molar-refractivity contribution in [2.75, 3.05) is 39.5 Å². The molecule has 118 valence electrons. The van der Waals surface area contributed by atoms with Crippen LogP contribution in [-0.2, 0) is 14.3 Å². The van der Waals surface area contributed by atoms with Crippen LogP contribution in [0.5, 0.6) is 0 Å². The predicted molar refractivity (Wildman–Crippen MR) is 80.7 cm³/mol. The number of esters is 1. The van der Waals surface area contributed by atoms with Gasteiger partial charge in [-0.15, -0.1) is 0 Å². The Labute approximate surface area is 123 Å². The van der Waals surface area contributed by atoms with Crippen molar-refractivity contribution in [1.82, 2.24) is 4.90 Å². The van der Waals surface area contributed by atoms with E-state index in [0.717, 1.165) is 25.9 Å². The fraction of sp³-hybridized carbons (Fsp3) is 0.938. The largest absolute Gasteiger partial charge is 0.465 e. The van der Waals surface area contributed by atoms with Crippen molar-refractivity contribution in [2.45, 2.75) is 47.5 Å². The minimum Gasteiger partial charge on any atom is -0.465 e. The molecule has 1 rings (SSSR count). The van der Waals surface area contributed by atoms with E-state index < -0.39 is 0 Å². The SMILES string of the molecule is CC(C)(C)C(C)(C)CCCOC(=O)CN1CCOCC1. The highest BCUT2D eigenvalue weighted by molar-refractivity contribution is 5.71. The summed E-state index contributed by atoms with van der Waals surface area (Å²) >= 11 is 0. The Morgan fingerprint density at radius 3 is 2.30 bits per heavy atom. The predicted octanol–water partition coefficient (Wildman–Crippen LogP) is 2.71. The van der Waals surface area contributed by atoms with Crippen LogP contribution < -0.4 is 0 Å². The second kappa shape index (κ2) is 7.41. The normalized spacial score (nSPS) is 18.1. The topological polar surface area (TPSA) is 38.8 Å². The maximum absolute atomic E-state index is 11.7. The van der Waals surface area contributed by atoms with Gasteiger partial charge in [0.1, 0.15) is 0 Å². The van der Waals surface area contributed by atoms with Crippen molar-refractivity contribution in [3.63, 3.8) is 0 Å². The molecule has 1 fully saturated rings. The van der Waals surface area contributed by atoms with Gasteiger partial charge in [-0.25, -0.2) is 0 Å². The molecule has 20 heavy (non-hydrogen) atoms. The quantitative estimate of drug-likeness (QED) is 0.555. The highest BCUT2D eigenvalue weighted by Gasteiger charge is 2.31. The van der Waals surface area contributed by atoms with Crippen molar-refractivity contribution in [3.8, 4) is 0 Å². The van der Waals surface area contributed by atoms with Crippen LogP contribution in [0.2, 0.25) is 0 Å². The van der Waals surface area contributed by atoms with Crippen LogP contribution in [-0.4, -0.2) is 50.3 Å². The molecule has 0 bridgehead atoms. The Hall–Kier alpha value is -0.610. The zero-order valence-electron chi connectivity index (χ0n) is 13.8. The van der Waals surface area contributed by atoms with Crippen LogP contribution in [0, 0.1) is 10.8 Å². The number of morpholine rings is 1. The molecular weight excluding hydrogens is 254 g/mol. The van der Waals surface area contributed by atoms with Gasteiger partial charge in [-0.1, -0.05) is 34.6 Å². The van der Waals surface area contributed by atoms with Crippen LogP contribution in [0.25, 0.3) is 0 Å². The van der Waals surface area contributed by atoms with Gasteiger partial charge in [0.2, 0.25) is 0 Å². The molecule has 1 saturated heterocycles. The van der Waals surface area contributed by atoms with E-state index in [1.54, 1.807) is 0 Å². The van der Waals surface area contributed by atoms with E-state index in [0.29, 0.717) is 26.4 Å². The fourth-order valence-electron chi connectivity index (χ4n) is 2.06. The third-order valence-electron chi connectivity index (χ3n) is 4.70. The van der Waals surface area contributed by atoms with Crippen molar-refractivity contribution >= 4 is 5.97 Å². The number of hydrogen-bond acceptors (Lipinski definition) is 4. The second-order valence-corrected chi connectivity index (χ2v) is 7.35. The monoisotopic (exact) mass is 285 g/mol. The fourth-order valence-corrected chi connectivity index (χ4v) is 2.06. The summed E-state index contributed by atoms with van der Waals surface area (Å²) in [5, 5.41) is 0. The van der Waals surface area contributed by atoms with Gasteiger partial charge in [-0.2, -0.15) is 0 Å². The first-order chi connectivity index (χ1) is 9.22. The highest BCUT2D eigenvalue weighted by atomic mass is 16.5. The first-order valence-corrected chi connectivity index (χ1v) is 7.68. The summed E-state index contributed by atoms with van der Waals surface area (Å²) in [6.45, 7) is 15.4. The third kappa shape index (κ3) is 5.80. The molecule has 0 aromatic rings. The number of rotatable bonds is 6. The summed E-state index contributed by atoms with van der Waals surface area (Å²) in [7, 11) is 0. The van der Waals surface area contributed by atoms with E-state index in [1.165, 1.54) is 0 Å². The van der Waals surface area contributed by atoms with E-state index in [1.807, 2.05) is 0 Å². The van der Waals surface area contributed by atoms with Gasteiger partial charge in [-0.3, -0.25) is 9.69 Å². The Balaban J connectivity index is 2.16. The summed E-state index contributed by atoms with van der Waals surface area (Å²) in [5.74, 6) is -0.111. The van der Waals surface area contributed by atoms with Gasteiger partial charge >= 0.3 is 5.97 Å². The smallest absolute Gasteiger partial charge is 0.320 e. The molecule has 1 heterocycles. The molecule has 1 aliphatic rings. The molecule has 1 aliphatic heterocycles. The Kier molecular flexibility index (Phi) is 6.46. The summed E-state index contributed by atoms with van der Waals surface area (Å²) in [6, 6.07) is 0. The molecule has 0 radical (unpaired) electrons. The number of hydrogen-bond donors (Lipinski definition) is 0. The molecule has 0 spiro atoms. The van der Waals surface area contributed by atoms with Gasteiger partial charge in [0.05, 0.1) is 26.4 Å². The molecule has 0 saturated carbocycles. The molecule has 0 atom stereocenters. The van der Waals surface area contributed by atoms with Crippen LogP contribution in [0.1, 0.15) is 47.5 Å². The summed E-state index contributed by atoms with van der Waals surface area (Å²) in [6.07, 6.45) is 2.00. The van der Waals surface area contributed by atoms with E-state index in [2.05, 4.69) is 39.5 Å². The minimum atomic E-state index is -0.111. The molecule has 4 heteroatoms. The van der Waals surface area contributed by atoms with Crippen molar-refractivity contribution in [2.24, 2.45) is 10.8 Å². The highest BCUT2D eigenvalue weighted by Crippen LogP contribution is 2.41. The van der Waals surface area contributed by atoms with Gasteiger partial charge < -0.3 is 9.47 Å². The second-order valence-electron chi connectivity index (χ2n) is 7.35. The number of nitrogens with zero attached hydrogens (tertiary/aromatic N) is 1. The van der Waals surface area contributed by atoms with Gasteiger partial charge in [0.25, 0.3) is 0 Å². The van der Waals surface area contributed by atoms with E-state index in [9.17, 15) is 4.79 Å². The summed E-state index contributed by atoms with van der Waals surface area (Å²) in [5.41, 5.74) is 0.522. The lowest BCUT2D eigenvalue weighted by Crippen LogP contribution is -2.40. The number of carbonyl (C=O) groups excluding carboxylic acids is 1. The molecule has 0 amide bonds.